The summed E-state index contributed by atoms with van der Waals surface area (Å²) in [7, 11) is -3.51. The molecule has 0 aromatic carbocycles. The number of hydrogen-bond acceptors (Lipinski definition) is 5. The summed E-state index contributed by atoms with van der Waals surface area (Å²) in [6.07, 6.45) is 0.193. The smallest absolute Gasteiger partial charge is 0.306 e. The number of ether oxygens (including phenoxy) is 1. The number of carbonyl (C=O) groups is 1. The molecule has 118 valence electrons. The number of rotatable bonds is 10. The van der Waals surface area contributed by atoms with Gasteiger partial charge in [-0.3, -0.25) is 4.79 Å². The molecule has 0 rings (SSSR count). The summed E-state index contributed by atoms with van der Waals surface area (Å²) in [5, 5.41) is 0. The average Bonchev–Trinajstić information content (AvgIpc) is 2.31. The lowest BCUT2D eigenvalue weighted by molar-refractivity contribution is -0.142. The van der Waals surface area contributed by atoms with E-state index in [1.165, 1.54) is 4.31 Å². The molecule has 0 radical (unpaired) electrons. The molecule has 0 atom stereocenters. The number of sulfonamides is 1. The highest BCUT2D eigenvalue weighted by molar-refractivity contribution is 7.89. The van der Waals surface area contributed by atoms with E-state index in [9.17, 15) is 13.2 Å². The van der Waals surface area contributed by atoms with Crippen molar-refractivity contribution in [2.24, 2.45) is 11.7 Å². The van der Waals surface area contributed by atoms with Gasteiger partial charge in [-0.25, -0.2) is 12.7 Å². The number of thiocarbonyl (C=S) groups is 1. The molecule has 0 saturated carbocycles. The van der Waals surface area contributed by atoms with E-state index in [0.29, 0.717) is 13.0 Å². The summed E-state index contributed by atoms with van der Waals surface area (Å²) in [6, 6.07) is 0. The Bertz CT molecular complexity index is 421. The largest absolute Gasteiger partial charge is 0.466 e. The molecule has 0 fully saturated rings. The zero-order valence-electron chi connectivity index (χ0n) is 12.3. The van der Waals surface area contributed by atoms with Crippen LogP contribution < -0.4 is 5.73 Å². The predicted molar refractivity (Wildman–Crippen MR) is 82.9 cm³/mol. The Morgan fingerprint density at radius 1 is 1.35 bits per heavy atom. The Morgan fingerprint density at radius 3 is 2.40 bits per heavy atom. The lowest BCUT2D eigenvalue weighted by atomic mass is 10.2. The van der Waals surface area contributed by atoms with E-state index >= 15 is 0 Å². The minimum absolute atomic E-state index is 0.141. The summed E-state index contributed by atoms with van der Waals surface area (Å²) >= 11 is 4.77. The van der Waals surface area contributed by atoms with E-state index in [-0.39, 0.29) is 36.2 Å². The fraction of sp³-hybridized carbons (Fsp3) is 0.833. The van der Waals surface area contributed by atoms with Gasteiger partial charge in [-0.2, -0.15) is 0 Å². The van der Waals surface area contributed by atoms with E-state index in [0.717, 1.165) is 0 Å². The molecule has 0 amide bonds. The molecular formula is C12H24N2O4S2. The first-order chi connectivity index (χ1) is 9.19. The molecule has 0 unspecified atom stereocenters. The maximum absolute atomic E-state index is 12.2. The number of nitrogens with two attached hydrogens (primary N) is 1. The summed E-state index contributed by atoms with van der Waals surface area (Å²) in [6.45, 7) is 6.41. The van der Waals surface area contributed by atoms with E-state index in [4.69, 9.17) is 22.7 Å². The maximum atomic E-state index is 12.2. The second-order valence-electron chi connectivity index (χ2n) is 4.84. The van der Waals surface area contributed by atoms with Gasteiger partial charge in [0.1, 0.15) is 0 Å². The van der Waals surface area contributed by atoms with Gasteiger partial charge in [-0.05, 0) is 12.8 Å². The van der Waals surface area contributed by atoms with E-state index < -0.39 is 16.0 Å². The quantitative estimate of drug-likeness (QED) is 0.474. The third-order valence-electron chi connectivity index (χ3n) is 2.44. The molecule has 0 heterocycles. The summed E-state index contributed by atoms with van der Waals surface area (Å²) in [5.74, 6) is -0.579. The molecule has 0 saturated heterocycles. The highest BCUT2D eigenvalue weighted by atomic mass is 32.2. The molecule has 0 aromatic rings. The van der Waals surface area contributed by atoms with Crippen LogP contribution in [-0.2, 0) is 19.6 Å². The molecule has 0 aromatic heterocycles. The topological polar surface area (TPSA) is 89.7 Å². The lowest BCUT2D eigenvalue weighted by Gasteiger charge is -2.23. The second-order valence-corrected chi connectivity index (χ2v) is 7.45. The first kappa shape index (κ1) is 19.3. The standard InChI is InChI=1S/C12H24N2O4S2/c1-4-18-12(15)6-8-20(16,17)14(9-10(2)3)7-5-11(13)19/h10H,4-9H2,1-3H3,(H2,13,19). The Balaban J connectivity index is 4.66. The lowest BCUT2D eigenvalue weighted by Crippen LogP contribution is -2.38. The fourth-order valence-corrected chi connectivity index (χ4v) is 3.23. The molecule has 0 spiro atoms. The maximum Gasteiger partial charge on any atom is 0.306 e. The van der Waals surface area contributed by atoms with E-state index in [1.54, 1.807) is 6.92 Å². The summed E-state index contributed by atoms with van der Waals surface area (Å²) < 4.78 is 30.5. The van der Waals surface area contributed by atoms with Crippen LogP contribution in [0.5, 0.6) is 0 Å². The van der Waals surface area contributed by atoms with Crippen molar-refractivity contribution in [1.29, 1.82) is 0 Å². The third kappa shape index (κ3) is 8.44. The van der Waals surface area contributed by atoms with Crippen molar-refractivity contribution < 1.29 is 17.9 Å². The highest BCUT2D eigenvalue weighted by Crippen LogP contribution is 2.09. The van der Waals surface area contributed by atoms with Gasteiger partial charge < -0.3 is 10.5 Å². The number of hydrogen-bond donors (Lipinski definition) is 1. The monoisotopic (exact) mass is 324 g/mol. The third-order valence-corrected chi connectivity index (χ3v) is 4.48. The second kappa shape index (κ2) is 9.25. The van der Waals surface area contributed by atoms with E-state index in [2.05, 4.69) is 0 Å². The summed E-state index contributed by atoms with van der Waals surface area (Å²) in [4.78, 5) is 11.5. The van der Waals surface area contributed by atoms with Crippen molar-refractivity contribution in [2.45, 2.75) is 33.6 Å². The van der Waals surface area contributed by atoms with Crippen LogP contribution in [0.2, 0.25) is 0 Å². The minimum Gasteiger partial charge on any atom is -0.466 e. The van der Waals surface area contributed by atoms with Crippen LogP contribution >= 0.6 is 12.2 Å². The molecule has 0 aliphatic heterocycles. The Labute approximate surface area is 126 Å². The minimum atomic E-state index is -3.51. The van der Waals surface area contributed by atoms with Gasteiger partial charge in [0.05, 0.1) is 23.8 Å². The Hall–Kier alpha value is -0.730. The predicted octanol–water partition coefficient (Wildman–Crippen LogP) is 0.904. The Morgan fingerprint density at radius 2 is 1.95 bits per heavy atom. The van der Waals surface area contributed by atoms with Crippen LogP contribution in [0.3, 0.4) is 0 Å². The first-order valence-corrected chi connectivity index (χ1v) is 8.62. The molecule has 2 N–H and O–H groups in total. The van der Waals surface area contributed by atoms with Crippen LogP contribution in [0, 0.1) is 5.92 Å². The van der Waals surface area contributed by atoms with Crippen LogP contribution in [0.1, 0.15) is 33.6 Å². The van der Waals surface area contributed by atoms with Crippen molar-refractivity contribution in [3.05, 3.63) is 0 Å². The Kier molecular flexibility index (Phi) is 8.91. The van der Waals surface area contributed by atoms with Gasteiger partial charge in [-0.15, -0.1) is 0 Å². The van der Waals surface area contributed by atoms with Crippen LogP contribution in [0.4, 0.5) is 0 Å². The molecule has 6 nitrogen and oxygen atoms in total. The van der Waals surface area contributed by atoms with Crippen molar-refractivity contribution >= 4 is 33.2 Å². The molecular weight excluding hydrogens is 300 g/mol. The van der Waals surface area contributed by atoms with Gasteiger partial charge in [0.25, 0.3) is 0 Å². The van der Waals surface area contributed by atoms with Crippen molar-refractivity contribution in [3.8, 4) is 0 Å². The highest BCUT2D eigenvalue weighted by Gasteiger charge is 2.24. The van der Waals surface area contributed by atoms with Crippen molar-refractivity contribution in [2.75, 3.05) is 25.4 Å². The average molecular weight is 324 g/mol. The van der Waals surface area contributed by atoms with Crippen molar-refractivity contribution in [1.82, 2.24) is 4.31 Å². The van der Waals surface area contributed by atoms with Crippen LogP contribution in [0.15, 0.2) is 0 Å². The molecule has 0 bridgehead atoms. The molecule has 0 aliphatic rings. The molecule has 0 aliphatic carbocycles. The summed E-state index contributed by atoms with van der Waals surface area (Å²) in [5.41, 5.74) is 5.41. The number of nitrogens with zero attached hydrogens (tertiary/aromatic N) is 1. The van der Waals surface area contributed by atoms with Gasteiger partial charge >= 0.3 is 5.97 Å². The first-order valence-electron chi connectivity index (χ1n) is 6.60. The zero-order chi connectivity index (χ0) is 15.8. The number of carbonyl (C=O) groups excluding carboxylic acids is 1. The molecule has 20 heavy (non-hydrogen) atoms. The van der Waals surface area contributed by atoms with E-state index in [1.807, 2.05) is 13.8 Å². The number of esters is 1. The van der Waals surface area contributed by atoms with Crippen LogP contribution in [-0.4, -0.2) is 49.1 Å². The van der Waals surface area contributed by atoms with Gasteiger partial charge in [-0.1, -0.05) is 26.1 Å². The molecule has 8 heteroatoms. The fourth-order valence-electron chi connectivity index (χ4n) is 1.56. The van der Waals surface area contributed by atoms with Gasteiger partial charge in [0, 0.05) is 19.5 Å². The van der Waals surface area contributed by atoms with Gasteiger partial charge in [0.15, 0.2) is 0 Å². The SMILES string of the molecule is CCOC(=O)CCS(=O)(=O)N(CCC(N)=S)CC(C)C. The normalized spacial score (nSPS) is 11.8. The van der Waals surface area contributed by atoms with Crippen molar-refractivity contribution in [3.63, 3.8) is 0 Å². The van der Waals surface area contributed by atoms with Crippen LogP contribution in [0.25, 0.3) is 0 Å². The zero-order valence-corrected chi connectivity index (χ0v) is 13.9. The van der Waals surface area contributed by atoms with Gasteiger partial charge in [0.2, 0.25) is 10.0 Å².